The third-order valence-electron chi connectivity index (χ3n) is 2.70. The molecule has 1 aromatic heterocycles. The Morgan fingerprint density at radius 3 is 2.24 bits per heavy atom. The topological polar surface area (TPSA) is 66.4 Å². The number of sulfonamides is 1. The first-order chi connectivity index (χ1) is 8.00. The Labute approximate surface area is 105 Å². The number of nitrogens with zero attached hydrogens (tertiary/aromatic N) is 4. The SMILES string of the molecule is CN1CCN(S(=O)(=O)c2cnc(Cl)nc2)CC1. The molecule has 0 N–H and O–H groups in total. The summed E-state index contributed by atoms with van der Waals surface area (Å²) in [6.07, 6.45) is 2.48. The van der Waals surface area contributed by atoms with E-state index in [0.29, 0.717) is 13.1 Å². The van der Waals surface area contributed by atoms with E-state index in [-0.39, 0.29) is 10.2 Å². The lowest BCUT2D eigenvalue weighted by Crippen LogP contribution is -2.47. The fraction of sp³-hybridized carbons (Fsp3) is 0.556. The van der Waals surface area contributed by atoms with Crippen LogP contribution in [-0.4, -0.2) is 60.8 Å². The molecule has 1 aliphatic rings. The minimum atomic E-state index is -3.48. The van der Waals surface area contributed by atoms with Crippen LogP contribution in [0, 0.1) is 0 Å². The van der Waals surface area contributed by atoms with Crippen molar-refractivity contribution in [3.05, 3.63) is 17.7 Å². The van der Waals surface area contributed by atoms with Gasteiger partial charge in [-0.25, -0.2) is 18.4 Å². The molecule has 0 aromatic carbocycles. The average Bonchev–Trinajstić information content (AvgIpc) is 2.30. The van der Waals surface area contributed by atoms with E-state index in [9.17, 15) is 8.42 Å². The van der Waals surface area contributed by atoms with Crippen LogP contribution in [0.25, 0.3) is 0 Å². The van der Waals surface area contributed by atoms with Gasteiger partial charge >= 0.3 is 0 Å². The summed E-state index contributed by atoms with van der Waals surface area (Å²) in [7, 11) is -1.51. The van der Waals surface area contributed by atoms with E-state index in [1.165, 1.54) is 16.7 Å². The molecule has 1 aromatic rings. The van der Waals surface area contributed by atoms with Crippen molar-refractivity contribution >= 4 is 21.6 Å². The first-order valence-corrected chi connectivity index (χ1v) is 6.98. The molecule has 0 spiro atoms. The zero-order valence-corrected chi connectivity index (χ0v) is 10.9. The van der Waals surface area contributed by atoms with Gasteiger partial charge in [0.25, 0.3) is 0 Å². The van der Waals surface area contributed by atoms with Crippen LogP contribution < -0.4 is 0 Å². The minimum Gasteiger partial charge on any atom is -0.304 e. The highest BCUT2D eigenvalue weighted by molar-refractivity contribution is 7.89. The molecule has 0 bridgehead atoms. The Bertz CT molecular complexity index is 482. The highest BCUT2D eigenvalue weighted by Crippen LogP contribution is 2.16. The van der Waals surface area contributed by atoms with E-state index >= 15 is 0 Å². The van der Waals surface area contributed by atoms with Gasteiger partial charge in [0.15, 0.2) is 0 Å². The molecule has 8 heteroatoms. The third-order valence-corrected chi connectivity index (χ3v) is 4.74. The van der Waals surface area contributed by atoms with E-state index in [1.807, 2.05) is 7.05 Å². The summed E-state index contributed by atoms with van der Waals surface area (Å²) in [5, 5.41) is 0.0438. The molecule has 1 aliphatic heterocycles. The van der Waals surface area contributed by atoms with E-state index < -0.39 is 10.0 Å². The summed E-state index contributed by atoms with van der Waals surface area (Å²) in [5.74, 6) is 0. The van der Waals surface area contributed by atoms with Gasteiger partial charge in [-0.1, -0.05) is 0 Å². The molecule has 6 nitrogen and oxygen atoms in total. The largest absolute Gasteiger partial charge is 0.304 e. The van der Waals surface area contributed by atoms with Crippen molar-refractivity contribution < 1.29 is 8.42 Å². The van der Waals surface area contributed by atoms with Crippen LogP contribution in [0.1, 0.15) is 0 Å². The van der Waals surface area contributed by atoms with Gasteiger partial charge in [0.05, 0.1) is 12.4 Å². The molecule has 0 atom stereocenters. The molecule has 2 rings (SSSR count). The van der Waals surface area contributed by atoms with Crippen molar-refractivity contribution in [2.24, 2.45) is 0 Å². The maximum atomic E-state index is 12.2. The van der Waals surface area contributed by atoms with Crippen LogP contribution >= 0.6 is 11.6 Å². The Kier molecular flexibility index (Phi) is 3.62. The van der Waals surface area contributed by atoms with Crippen molar-refractivity contribution in [2.45, 2.75) is 4.90 Å². The predicted molar refractivity (Wildman–Crippen MR) is 63.3 cm³/mol. The second-order valence-electron chi connectivity index (χ2n) is 3.90. The zero-order valence-electron chi connectivity index (χ0n) is 9.37. The highest BCUT2D eigenvalue weighted by atomic mass is 35.5. The van der Waals surface area contributed by atoms with Gasteiger partial charge in [0.2, 0.25) is 15.3 Å². The molecule has 2 heterocycles. The number of rotatable bonds is 2. The number of aromatic nitrogens is 2. The maximum Gasteiger partial charge on any atom is 0.246 e. The van der Waals surface area contributed by atoms with Crippen molar-refractivity contribution in [3.8, 4) is 0 Å². The number of hydrogen-bond acceptors (Lipinski definition) is 5. The molecule has 17 heavy (non-hydrogen) atoms. The molecule has 94 valence electrons. The average molecular weight is 277 g/mol. The van der Waals surface area contributed by atoms with Crippen molar-refractivity contribution in [3.63, 3.8) is 0 Å². The normalized spacial score (nSPS) is 19.4. The molecule has 0 amide bonds. The number of piperazine rings is 1. The smallest absolute Gasteiger partial charge is 0.246 e. The van der Waals surface area contributed by atoms with Crippen molar-refractivity contribution in [1.29, 1.82) is 0 Å². The van der Waals surface area contributed by atoms with E-state index in [4.69, 9.17) is 11.6 Å². The van der Waals surface area contributed by atoms with Crippen LogP contribution in [0.3, 0.4) is 0 Å². The Hall–Kier alpha value is -0.760. The Morgan fingerprint density at radius 2 is 1.71 bits per heavy atom. The van der Waals surface area contributed by atoms with Crippen LogP contribution in [0.15, 0.2) is 17.3 Å². The molecule has 1 fully saturated rings. The van der Waals surface area contributed by atoms with E-state index in [0.717, 1.165) is 13.1 Å². The summed E-state index contributed by atoms with van der Waals surface area (Å²) in [6.45, 7) is 2.43. The van der Waals surface area contributed by atoms with Crippen LogP contribution in [0.2, 0.25) is 5.28 Å². The van der Waals surface area contributed by atoms with Crippen LogP contribution in [0.4, 0.5) is 0 Å². The third kappa shape index (κ3) is 2.74. The summed E-state index contributed by atoms with van der Waals surface area (Å²) >= 11 is 5.53. The minimum absolute atomic E-state index is 0.0438. The van der Waals surface area contributed by atoms with E-state index in [2.05, 4.69) is 14.9 Å². The standard InChI is InChI=1S/C9H13ClN4O2S/c1-13-2-4-14(5-3-13)17(15,16)8-6-11-9(10)12-7-8/h6-7H,2-5H2,1H3. The summed E-state index contributed by atoms with van der Waals surface area (Å²) < 4.78 is 25.8. The molecule has 0 saturated carbocycles. The lowest BCUT2D eigenvalue weighted by molar-refractivity contribution is 0.222. The fourth-order valence-corrected chi connectivity index (χ4v) is 3.02. The second kappa shape index (κ2) is 4.85. The maximum absolute atomic E-state index is 12.2. The number of halogens is 1. The predicted octanol–water partition coefficient (Wildman–Crippen LogP) is 0.0661. The van der Waals surface area contributed by atoms with E-state index in [1.54, 1.807) is 0 Å². The second-order valence-corrected chi connectivity index (χ2v) is 6.17. The quantitative estimate of drug-likeness (QED) is 0.715. The van der Waals surface area contributed by atoms with Gasteiger partial charge in [-0.05, 0) is 18.6 Å². The summed E-state index contributed by atoms with van der Waals surface area (Å²) in [4.78, 5) is 9.56. The Balaban J connectivity index is 2.21. The molecular weight excluding hydrogens is 264 g/mol. The Morgan fingerprint density at radius 1 is 1.18 bits per heavy atom. The van der Waals surface area contributed by atoms with Gasteiger partial charge < -0.3 is 4.90 Å². The highest BCUT2D eigenvalue weighted by Gasteiger charge is 2.27. The first-order valence-electron chi connectivity index (χ1n) is 5.16. The van der Waals surface area contributed by atoms with Gasteiger partial charge in [-0.15, -0.1) is 0 Å². The van der Waals surface area contributed by atoms with Gasteiger partial charge in [0.1, 0.15) is 4.90 Å². The molecule has 0 unspecified atom stereocenters. The number of likely N-dealkylation sites (N-methyl/N-ethyl adjacent to an activating group) is 1. The summed E-state index contributed by atoms with van der Waals surface area (Å²) in [6, 6.07) is 0. The van der Waals surface area contributed by atoms with Gasteiger partial charge in [0, 0.05) is 26.2 Å². The number of hydrogen-bond donors (Lipinski definition) is 0. The fourth-order valence-electron chi connectivity index (χ4n) is 1.61. The van der Waals surface area contributed by atoms with Crippen molar-refractivity contribution in [2.75, 3.05) is 33.2 Å². The van der Waals surface area contributed by atoms with Gasteiger partial charge in [-0.2, -0.15) is 4.31 Å². The summed E-state index contributed by atoms with van der Waals surface area (Å²) in [5.41, 5.74) is 0. The molecule has 0 radical (unpaired) electrons. The first kappa shape index (κ1) is 12.7. The lowest BCUT2D eigenvalue weighted by Gasteiger charge is -2.31. The lowest BCUT2D eigenvalue weighted by atomic mass is 10.4. The monoisotopic (exact) mass is 276 g/mol. The molecule has 1 saturated heterocycles. The molecular formula is C9H13ClN4O2S. The van der Waals surface area contributed by atoms with Crippen LogP contribution in [-0.2, 0) is 10.0 Å². The zero-order chi connectivity index (χ0) is 12.5. The molecule has 0 aliphatic carbocycles. The van der Waals surface area contributed by atoms with Crippen molar-refractivity contribution in [1.82, 2.24) is 19.2 Å². The van der Waals surface area contributed by atoms with Crippen LogP contribution in [0.5, 0.6) is 0 Å². The van der Waals surface area contributed by atoms with Gasteiger partial charge in [-0.3, -0.25) is 0 Å².